The quantitative estimate of drug-likeness (QED) is 0.638. The first-order valence-corrected chi connectivity index (χ1v) is 6.26. The van der Waals surface area contributed by atoms with E-state index in [1.54, 1.807) is 46.8 Å². The molecule has 0 atom stereocenters. The smallest absolute Gasteiger partial charge is 0.311 e. The van der Waals surface area contributed by atoms with Gasteiger partial charge >= 0.3 is 5.97 Å². The normalized spacial score (nSPS) is 12.1. The summed E-state index contributed by atoms with van der Waals surface area (Å²) in [6.45, 7) is 8.41. The van der Waals surface area contributed by atoms with Gasteiger partial charge in [0.15, 0.2) is 0 Å². The molecule has 0 saturated carbocycles. The molecule has 0 bridgehead atoms. The largest absolute Gasteiger partial charge is 0.481 e. The fourth-order valence-corrected chi connectivity index (χ4v) is 1.72. The molecule has 110 valence electrons. The highest BCUT2D eigenvalue weighted by Crippen LogP contribution is 2.36. The van der Waals surface area contributed by atoms with Crippen molar-refractivity contribution < 1.29 is 14.8 Å². The first kappa shape index (κ1) is 15.9. The molecule has 0 heterocycles. The van der Waals surface area contributed by atoms with Crippen molar-refractivity contribution in [2.75, 3.05) is 5.32 Å². The van der Waals surface area contributed by atoms with Crippen molar-refractivity contribution in [2.45, 2.75) is 40.2 Å². The number of hydrogen-bond donors (Lipinski definition) is 2. The molecule has 0 aliphatic heterocycles. The van der Waals surface area contributed by atoms with Gasteiger partial charge in [-0.05, 0) is 40.7 Å². The Hall–Kier alpha value is -2.11. The zero-order chi connectivity index (χ0) is 15.7. The summed E-state index contributed by atoms with van der Waals surface area (Å²) in [4.78, 5) is 21.8. The van der Waals surface area contributed by atoms with Crippen LogP contribution >= 0.6 is 0 Å². The van der Waals surface area contributed by atoms with Gasteiger partial charge in [0.25, 0.3) is 5.69 Å². The highest BCUT2D eigenvalue weighted by atomic mass is 16.6. The minimum Gasteiger partial charge on any atom is -0.481 e. The number of carbonyl (C=O) groups is 1. The molecule has 0 aromatic heterocycles. The van der Waals surface area contributed by atoms with Crippen LogP contribution in [0, 0.1) is 22.5 Å². The number of hydrogen-bond acceptors (Lipinski definition) is 4. The molecule has 1 rings (SSSR count). The molecule has 0 amide bonds. The molecule has 2 N–H and O–H groups in total. The molecular weight excluding hydrogens is 260 g/mol. The summed E-state index contributed by atoms with van der Waals surface area (Å²) >= 11 is 0. The predicted molar refractivity (Wildman–Crippen MR) is 77.0 cm³/mol. The van der Waals surface area contributed by atoms with Crippen LogP contribution in [0.1, 0.15) is 33.3 Å². The first-order chi connectivity index (χ1) is 9.00. The molecule has 1 aromatic carbocycles. The second-order valence-corrected chi connectivity index (χ2v) is 5.89. The molecule has 0 aliphatic carbocycles. The summed E-state index contributed by atoms with van der Waals surface area (Å²) in [5, 5.41) is 23.4. The van der Waals surface area contributed by atoms with Gasteiger partial charge in [0.05, 0.1) is 10.3 Å². The molecule has 20 heavy (non-hydrogen) atoms. The van der Waals surface area contributed by atoms with E-state index >= 15 is 0 Å². The van der Waals surface area contributed by atoms with Crippen molar-refractivity contribution in [2.24, 2.45) is 5.41 Å². The van der Waals surface area contributed by atoms with Gasteiger partial charge in [-0.25, -0.2) is 0 Å². The number of benzene rings is 1. The van der Waals surface area contributed by atoms with Crippen molar-refractivity contribution in [3.8, 4) is 0 Å². The molecule has 0 radical (unpaired) electrons. The third kappa shape index (κ3) is 2.74. The van der Waals surface area contributed by atoms with E-state index in [1.165, 1.54) is 6.07 Å². The summed E-state index contributed by atoms with van der Waals surface area (Å²) in [5.74, 6) is -0.932. The van der Waals surface area contributed by atoms with Crippen molar-refractivity contribution >= 4 is 17.3 Å². The highest BCUT2D eigenvalue weighted by Gasteiger charge is 2.43. The second-order valence-electron chi connectivity index (χ2n) is 5.89. The van der Waals surface area contributed by atoms with E-state index in [0.29, 0.717) is 11.3 Å². The summed E-state index contributed by atoms with van der Waals surface area (Å²) in [7, 11) is 0. The fraction of sp³-hybridized carbons (Fsp3) is 0.500. The summed E-state index contributed by atoms with van der Waals surface area (Å²) in [6, 6.07) is 4.72. The van der Waals surface area contributed by atoms with E-state index in [1.807, 2.05) is 0 Å². The van der Waals surface area contributed by atoms with Crippen molar-refractivity contribution in [1.82, 2.24) is 0 Å². The maximum Gasteiger partial charge on any atom is 0.311 e. The van der Waals surface area contributed by atoms with E-state index in [-0.39, 0.29) is 5.69 Å². The monoisotopic (exact) mass is 280 g/mol. The molecule has 1 aromatic rings. The number of carboxylic acids is 1. The Morgan fingerprint density at radius 3 is 2.30 bits per heavy atom. The Kier molecular flexibility index (Phi) is 4.07. The van der Waals surface area contributed by atoms with E-state index in [0.717, 1.165) is 0 Å². The van der Waals surface area contributed by atoms with Crippen LogP contribution < -0.4 is 5.32 Å². The Labute approximate surface area is 118 Å². The lowest BCUT2D eigenvalue weighted by molar-refractivity contribution is -0.385. The molecular formula is C14H20N2O4. The number of nitrogens with zero attached hydrogens (tertiary/aromatic N) is 1. The number of rotatable bonds is 5. The van der Waals surface area contributed by atoms with Crippen LogP contribution in [-0.4, -0.2) is 21.5 Å². The van der Waals surface area contributed by atoms with E-state index < -0.39 is 21.8 Å². The molecule has 0 saturated heterocycles. The molecule has 0 fully saturated rings. The average Bonchev–Trinajstić information content (AvgIpc) is 2.30. The number of anilines is 1. The maximum absolute atomic E-state index is 11.4. The van der Waals surface area contributed by atoms with Crippen LogP contribution in [0.25, 0.3) is 0 Å². The SMILES string of the molecule is Cc1c(NC(C)(C)C(C)(C)C(=O)O)cccc1[N+](=O)[O-]. The summed E-state index contributed by atoms with van der Waals surface area (Å²) in [5.41, 5.74) is -0.743. The number of nitro benzene ring substituents is 1. The Bertz CT molecular complexity index is 550. The van der Waals surface area contributed by atoms with Gasteiger partial charge in [0.1, 0.15) is 0 Å². The standard InChI is InChI=1S/C14H20N2O4/c1-9-10(7-6-8-11(9)16(19)20)15-14(4,5)13(2,3)12(17)18/h6-8,15H,1-5H3,(H,17,18). The van der Waals surface area contributed by atoms with Crippen LogP contribution in [0.4, 0.5) is 11.4 Å². The average molecular weight is 280 g/mol. The number of nitrogens with one attached hydrogen (secondary N) is 1. The molecule has 0 spiro atoms. The number of aliphatic carboxylic acids is 1. The van der Waals surface area contributed by atoms with Gasteiger partial charge in [-0.2, -0.15) is 0 Å². The van der Waals surface area contributed by atoms with Gasteiger partial charge in [-0.15, -0.1) is 0 Å². The maximum atomic E-state index is 11.4. The summed E-state index contributed by atoms with van der Waals surface area (Å²) < 4.78 is 0. The van der Waals surface area contributed by atoms with Crippen molar-refractivity contribution in [1.29, 1.82) is 0 Å². The van der Waals surface area contributed by atoms with Crippen molar-refractivity contribution in [3.63, 3.8) is 0 Å². The number of carboxylic acid groups (broad SMARTS) is 1. The van der Waals surface area contributed by atoms with E-state index in [4.69, 9.17) is 0 Å². The van der Waals surface area contributed by atoms with Crippen LogP contribution in [0.5, 0.6) is 0 Å². The Balaban J connectivity index is 3.20. The van der Waals surface area contributed by atoms with Crippen LogP contribution in [-0.2, 0) is 4.79 Å². The van der Waals surface area contributed by atoms with Crippen LogP contribution in [0.15, 0.2) is 18.2 Å². The van der Waals surface area contributed by atoms with Gasteiger partial charge < -0.3 is 10.4 Å². The van der Waals surface area contributed by atoms with Crippen LogP contribution in [0.2, 0.25) is 0 Å². The lowest BCUT2D eigenvalue weighted by atomic mass is 9.74. The first-order valence-electron chi connectivity index (χ1n) is 6.26. The molecule has 0 aliphatic rings. The zero-order valence-electron chi connectivity index (χ0n) is 12.4. The fourth-order valence-electron chi connectivity index (χ4n) is 1.72. The van der Waals surface area contributed by atoms with E-state index in [2.05, 4.69) is 5.32 Å². The van der Waals surface area contributed by atoms with Crippen LogP contribution in [0.3, 0.4) is 0 Å². The highest BCUT2D eigenvalue weighted by molar-refractivity contribution is 5.77. The third-order valence-corrected chi connectivity index (χ3v) is 4.05. The zero-order valence-corrected chi connectivity index (χ0v) is 12.4. The minimum atomic E-state index is -1.04. The second kappa shape index (κ2) is 5.11. The topological polar surface area (TPSA) is 92.5 Å². The molecule has 0 unspecified atom stereocenters. The van der Waals surface area contributed by atoms with E-state index in [9.17, 15) is 20.0 Å². The third-order valence-electron chi connectivity index (χ3n) is 4.05. The Morgan fingerprint density at radius 1 is 1.30 bits per heavy atom. The molecule has 6 nitrogen and oxygen atoms in total. The molecule has 6 heteroatoms. The van der Waals surface area contributed by atoms with Crippen molar-refractivity contribution in [3.05, 3.63) is 33.9 Å². The van der Waals surface area contributed by atoms with Gasteiger partial charge in [-0.1, -0.05) is 6.07 Å². The van der Waals surface area contributed by atoms with Gasteiger partial charge in [0, 0.05) is 22.9 Å². The number of nitro groups is 1. The minimum absolute atomic E-state index is 0.0129. The lowest BCUT2D eigenvalue weighted by Crippen LogP contribution is -2.50. The van der Waals surface area contributed by atoms with Gasteiger partial charge in [0.2, 0.25) is 0 Å². The lowest BCUT2D eigenvalue weighted by Gasteiger charge is -2.40. The predicted octanol–water partition coefficient (Wildman–Crippen LogP) is 3.20. The Morgan fingerprint density at radius 2 is 1.85 bits per heavy atom. The summed E-state index contributed by atoms with van der Waals surface area (Å²) in [6.07, 6.45) is 0. The van der Waals surface area contributed by atoms with Gasteiger partial charge in [-0.3, -0.25) is 14.9 Å².